The molecule has 0 aliphatic rings. The third kappa shape index (κ3) is 10.6. The molecule has 0 aliphatic heterocycles. The van der Waals surface area contributed by atoms with Crippen molar-refractivity contribution in [3.05, 3.63) is 35.9 Å². The predicted octanol–water partition coefficient (Wildman–Crippen LogP) is -0.768. The first kappa shape index (κ1) is 18.0. The van der Waals surface area contributed by atoms with Gasteiger partial charge in [-0.3, -0.25) is 0 Å². The van der Waals surface area contributed by atoms with Crippen LogP contribution in [0.2, 0.25) is 0 Å². The molecule has 0 radical (unpaired) electrons. The maximum atomic E-state index is 10.7. The van der Waals surface area contributed by atoms with Crippen LogP contribution in [0.25, 0.3) is 0 Å². The van der Waals surface area contributed by atoms with Gasteiger partial charge in [-0.1, -0.05) is 0 Å². The Labute approximate surface area is 155 Å². The van der Waals surface area contributed by atoms with Crippen LogP contribution in [0.3, 0.4) is 0 Å². The molecule has 0 unspecified atom stereocenters. The van der Waals surface area contributed by atoms with Crippen LogP contribution < -0.4 is 56.5 Å². The maximum absolute atomic E-state index is 10.7. The van der Waals surface area contributed by atoms with Crippen molar-refractivity contribution in [2.75, 3.05) is 0 Å². The van der Waals surface area contributed by atoms with Crippen LogP contribution in [0, 0.1) is 0 Å². The number of rotatable bonds is 8. The van der Waals surface area contributed by atoms with Crippen LogP contribution in [-0.4, -0.2) is 20.2 Å². The Morgan fingerprint density at radius 3 is 2.18 bits per heavy atom. The minimum absolute atomic E-state index is 0. The van der Waals surface area contributed by atoms with Crippen molar-refractivity contribution in [2.24, 2.45) is 0 Å². The van der Waals surface area contributed by atoms with Gasteiger partial charge in [0.15, 0.2) is 0 Å². The second kappa shape index (κ2) is 12.1. The van der Waals surface area contributed by atoms with Crippen LogP contribution in [0.5, 0.6) is 0 Å². The standard InChI is InChI=1S/C14H20OSe.K/c15-14(16)12-8-3-1-2-5-9-13-10-6-4-7-11-13;/h4,6-7,10-11H,1-3,5,8-9,12H2,(H,15,16);/q;+1/p-1. The normalized spacial score (nSPS) is 9.65. The average Bonchev–Trinajstić information content (AvgIpc) is 2.29. The molecule has 0 amide bonds. The van der Waals surface area contributed by atoms with Crippen LogP contribution in [-0.2, 0) is 6.42 Å². The number of hydrogen-bond donors (Lipinski definition) is 0. The Bertz CT molecular complexity index is 300. The summed E-state index contributed by atoms with van der Waals surface area (Å²) >= 11 is 2.52. The van der Waals surface area contributed by atoms with Crippen molar-refractivity contribution >= 4 is 20.2 Å². The molecule has 3 heteroatoms. The molecule has 1 nitrogen and oxygen atoms in total. The number of hydrogen-bond acceptors (Lipinski definition) is 1. The summed E-state index contributed by atoms with van der Waals surface area (Å²) < 4.78 is 0.198. The number of benzene rings is 1. The second-order valence-electron chi connectivity index (χ2n) is 4.13. The van der Waals surface area contributed by atoms with Crippen LogP contribution in [0.4, 0.5) is 0 Å². The number of aryl methyl sites for hydroxylation is 1. The molecule has 1 aromatic rings. The van der Waals surface area contributed by atoms with Gasteiger partial charge in [0, 0.05) is 0 Å². The summed E-state index contributed by atoms with van der Waals surface area (Å²) in [4.78, 5) is 0. The van der Waals surface area contributed by atoms with E-state index in [1.54, 1.807) is 0 Å². The van der Waals surface area contributed by atoms with Crippen molar-refractivity contribution in [3.63, 3.8) is 0 Å². The van der Waals surface area contributed by atoms with Crippen molar-refractivity contribution in [2.45, 2.75) is 44.9 Å². The fraction of sp³-hybridized carbons (Fsp3) is 0.500. The Balaban J connectivity index is 0.00000256. The fourth-order valence-corrected chi connectivity index (χ4v) is 2.08. The predicted molar refractivity (Wildman–Crippen MR) is 68.6 cm³/mol. The summed E-state index contributed by atoms with van der Waals surface area (Å²) in [7, 11) is 0. The molecule has 0 fully saturated rings. The molecule has 0 aliphatic carbocycles. The Morgan fingerprint density at radius 2 is 1.53 bits per heavy atom. The van der Waals surface area contributed by atoms with Gasteiger partial charge in [0.25, 0.3) is 0 Å². The Kier molecular flexibility index (Phi) is 12.8. The summed E-state index contributed by atoms with van der Waals surface area (Å²) in [6, 6.07) is 10.6. The van der Waals surface area contributed by atoms with Crippen molar-refractivity contribution < 1.29 is 56.5 Å². The van der Waals surface area contributed by atoms with Gasteiger partial charge >= 0.3 is 158 Å². The quantitative estimate of drug-likeness (QED) is 0.456. The topological polar surface area (TPSA) is 23.1 Å². The SMILES string of the molecule is [K+].[O-]C(=[Se])CCCCCCCc1ccccc1. The van der Waals surface area contributed by atoms with Crippen molar-refractivity contribution in [3.8, 4) is 0 Å². The van der Waals surface area contributed by atoms with Crippen LogP contribution >= 0.6 is 0 Å². The fourth-order valence-electron chi connectivity index (χ4n) is 1.77. The molecule has 0 bridgehead atoms. The van der Waals surface area contributed by atoms with E-state index >= 15 is 0 Å². The van der Waals surface area contributed by atoms with E-state index in [9.17, 15) is 5.11 Å². The van der Waals surface area contributed by atoms with E-state index in [0.29, 0.717) is 6.42 Å². The van der Waals surface area contributed by atoms with Crippen molar-refractivity contribution in [1.29, 1.82) is 0 Å². The molecule has 17 heavy (non-hydrogen) atoms. The molecule has 0 spiro atoms. The van der Waals surface area contributed by atoms with E-state index in [1.807, 2.05) is 0 Å². The van der Waals surface area contributed by atoms with Crippen LogP contribution in [0.15, 0.2) is 30.3 Å². The minimum atomic E-state index is 0. The van der Waals surface area contributed by atoms with Gasteiger partial charge in [-0.2, -0.15) is 0 Å². The first-order valence-electron chi connectivity index (χ1n) is 6.03. The van der Waals surface area contributed by atoms with Crippen LogP contribution in [0.1, 0.15) is 44.1 Å². The molecule has 1 rings (SSSR count). The monoisotopic (exact) mass is 322 g/mol. The Hall–Kier alpha value is 1.05. The summed E-state index contributed by atoms with van der Waals surface area (Å²) in [6.45, 7) is 0. The Morgan fingerprint density at radius 1 is 0.941 bits per heavy atom. The van der Waals surface area contributed by atoms with E-state index in [-0.39, 0.29) is 56.0 Å². The first-order valence-corrected chi connectivity index (χ1v) is 6.88. The summed E-state index contributed by atoms with van der Waals surface area (Å²) in [6.07, 6.45) is 7.90. The van der Waals surface area contributed by atoms with E-state index in [0.717, 1.165) is 6.42 Å². The average molecular weight is 321 g/mol. The summed E-state index contributed by atoms with van der Waals surface area (Å²) in [5.74, 6) is 0. The molecule has 0 saturated heterocycles. The van der Waals surface area contributed by atoms with E-state index in [4.69, 9.17) is 0 Å². The molecule has 0 heterocycles. The van der Waals surface area contributed by atoms with Gasteiger partial charge in [-0.15, -0.1) is 0 Å². The molecule has 0 saturated carbocycles. The molecule has 88 valence electrons. The van der Waals surface area contributed by atoms with E-state index in [1.165, 1.54) is 37.7 Å². The summed E-state index contributed by atoms with van der Waals surface area (Å²) in [5, 5.41) is 10.7. The third-order valence-electron chi connectivity index (χ3n) is 2.69. The van der Waals surface area contributed by atoms with Gasteiger partial charge in [0.2, 0.25) is 0 Å². The molecule has 1 aromatic carbocycles. The van der Waals surface area contributed by atoms with Gasteiger partial charge in [-0.05, 0) is 0 Å². The molecule has 0 aromatic heterocycles. The molecule has 0 atom stereocenters. The van der Waals surface area contributed by atoms with Gasteiger partial charge in [0.05, 0.1) is 0 Å². The summed E-state index contributed by atoms with van der Waals surface area (Å²) in [5.41, 5.74) is 1.43. The first-order chi connectivity index (χ1) is 7.79. The van der Waals surface area contributed by atoms with E-state index in [2.05, 4.69) is 45.9 Å². The molecule has 0 N–H and O–H groups in total. The number of unbranched alkanes of at least 4 members (excludes halogenated alkanes) is 4. The zero-order chi connectivity index (χ0) is 11.6. The molecular weight excluding hydrogens is 302 g/mol. The van der Waals surface area contributed by atoms with Crippen molar-refractivity contribution in [1.82, 2.24) is 0 Å². The van der Waals surface area contributed by atoms with Gasteiger partial charge < -0.3 is 0 Å². The van der Waals surface area contributed by atoms with Gasteiger partial charge in [-0.25, -0.2) is 0 Å². The second-order valence-corrected chi connectivity index (χ2v) is 5.08. The molecular formula is C14H19KOSe. The third-order valence-corrected chi connectivity index (χ3v) is 3.12. The van der Waals surface area contributed by atoms with E-state index < -0.39 is 0 Å². The zero-order valence-electron chi connectivity index (χ0n) is 10.7. The zero-order valence-corrected chi connectivity index (χ0v) is 15.5. The van der Waals surface area contributed by atoms with Gasteiger partial charge in [0.1, 0.15) is 0 Å².